The SMILES string of the molecule is Cc1ccc2c(c1)O[C@H](C(=O)N[C@@H](C)C(C)C)CN2S(C)(=O)=O. The molecule has 1 aromatic rings. The van der Waals surface area contributed by atoms with Gasteiger partial charge in [0.05, 0.1) is 18.5 Å². The molecule has 7 heteroatoms. The van der Waals surface area contributed by atoms with E-state index in [9.17, 15) is 13.2 Å². The Morgan fingerprint density at radius 1 is 1.35 bits per heavy atom. The number of aryl methyl sites for hydroxylation is 1. The summed E-state index contributed by atoms with van der Waals surface area (Å²) in [4.78, 5) is 12.4. The Morgan fingerprint density at radius 2 is 2.00 bits per heavy atom. The van der Waals surface area contributed by atoms with Gasteiger partial charge in [-0.25, -0.2) is 8.42 Å². The predicted octanol–water partition coefficient (Wildman–Crippen LogP) is 1.68. The highest BCUT2D eigenvalue weighted by molar-refractivity contribution is 7.92. The molecule has 0 spiro atoms. The molecule has 128 valence electrons. The molecule has 2 atom stereocenters. The molecule has 2 rings (SSSR count). The number of nitrogens with one attached hydrogen (secondary N) is 1. The van der Waals surface area contributed by atoms with E-state index in [0.717, 1.165) is 11.8 Å². The van der Waals surface area contributed by atoms with Crippen molar-refractivity contribution in [3.05, 3.63) is 23.8 Å². The summed E-state index contributed by atoms with van der Waals surface area (Å²) in [6.45, 7) is 7.80. The molecular formula is C16H24N2O4S. The molecule has 0 radical (unpaired) electrons. The number of hydrogen-bond donors (Lipinski definition) is 1. The summed E-state index contributed by atoms with van der Waals surface area (Å²) in [6, 6.07) is 5.26. The van der Waals surface area contributed by atoms with Crippen molar-refractivity contribution in [1.82, 2.24) is 5.32 Å². The molecule has 23 heavy (non-hydrogen) atoms. The number of nitrogens with zero attached hydrogens (tertiary/aromatic N) is 1. The maximum atomic E-state index is 12.4. The molecule has 0 saturated heterocycles. The van der Waals surface area contributed by atoms with Crippen molar-refractivity contribution in [2.24, 2.45) is 5.92 Å². The molecule has 1 amide bonds. The molecule has 0 aliphatic carbocycles. The van der Waals surface area contributed by atoms with Crippen LogP contribution in [0.4, 0.5) is 5.69 Å². The topological polar surface area (TPSA) is 75.7 Å². The zero-order valence-corrected chi connectivity index (χ0v) is 15.0. The van der Waals surface area contributed by atoms with Crippen molar-refractivity contribution in [2.75, 3.05) is 17.1 Å². The average Bonchev–Trinajstić information content (AvgIpc) is 2.44. The van der Waals surface area contributed by atoms with Gasteiger partial charge in [0.2, 0.25) is 10.0 Å². The van der Waals surface area contributed by atoms with Crippen LogP contribution < -0.4 is 14.4 Å². The maximum absolute atomic E-state index is 12.4. The number of rotatable bonds is 4. The monoisotopic (exact) mass is 340 g/mol. The Morgan fingerprint density at radius 3 is 2.57 bits per heavy atom. The zero-order chi connectivity index (χ0) is 17.4. The van der Waals surface area contributed by atoms with Gasteiger partial charge in [0, 0.05) is 6.04 Å². The number of benzene rings is 1. The van der Waals surface area contributed by atoms with Gasteiger partial charge in [-0.1, -0.05) is 19.9 Å². The molecule has 0 fully saturated rings. The number of hydrogen-bond acceptors (Lipinski definition) is 4. The molecule has 1 heterocycles. The third-order valence-electron chi connectivity index (χ3n) is 4.05. The quantitative estimate of drug-likeness (QED) is 0.905. The lowest BCUT2D eigenvalue weighted by Crippen LogP contribution is -2.52. The van der Waals surface area contributed by atoms with Gasteiger partial charge in [-0.05, 0) is 37.5 Å². The number of sulfonamides is 1. The third-order valence-corrected chi connectivity index (χ3v) is 5.19. The summed E-state index contributed by atoms with van der Waals surface area (Å²) in [5.74, 6) is 0.397. The van der Waals surface area contributed by atoms with Gasteiger partial charge in [-0.2, -0.15) is 0 Å². The normalized spacial score (nSPS) is 19.0. The second-order valence-electron chi connectivity index (χ2n) is 6.41. The second kappa shape index (κ2) is 6.39. The van der Waals surface area contributed by atoms with Crippen LogP contribution in [0.15, 0.2) is 18.2 Å². The van der Waals surface area contributed by atoms with E-state index >= 15 is 0 Å². The first kappa shape index (κ1) is 17.6. The van der Waals surface area contributed by atoms with Crippen molar-refractivity contribution in [2.45, 2.75) is 39.8 Å². The van der Waals surface area contributed by atoms with Crippen LogP contribution in [-0.4, -0.2) is 39.3 Å². The van der Waals surface area contributed by atoms with Crippen LogP contribution in [0.1, 0.15) is 26.3 Å². The van der Waals surface area contributed by atoms with E-state index in [0.29, 0.717) is 11.4 Å². The molecule has 0 bridgehead atoms. The fraction of sp³-hybridized carbons (Fsp3) is 0.562. The molecular weight excluding hydrogens is 316 g/mol. The Labute approximate surface area is 137 Å². The van der Waals surface area contributed by atoms with Gasteiger partial charge in [0.1, 0.15) is 5.75 Å². The molecule has 0 aromatic heterocycles. The number of fused-ring (bicyclic) bond motifs is 1. The van der Waals surface area contributed by atoms with E-state index < -0.39 is 16.1 Å². The van der Waals surface area contributed by atoms with E-state index in [2.05, 4.69) is 5.32 Å². The van der Waals surface area contributed by atoms with Gasteiger partial charge in [-0.15, -0.1) is 0 Å². The van der Waals surface area contributed by atoms with Gasteiger partial charge in [0.15, 0.2) is 6.10 Å². The summed E-state index contributed by atoms with van der Waals surface area (Å²) < 4.78 is 31.1. The van der Waals surface area contributed by atoms with Crippen molar-refractivity contribution in [3.8, 4) is 5.75 Å². The highest BCUT2D eigenvalue weighted by Crippen LogP contribution is 2.35. The average molecular weight is 340 g/mol. The number of ether oxygens (including phenoxy) is 1. The minimum absolute atomic E-state index is 0.0170. The van der Waals surface area contributed by atoms with Gasteiger partial charge < -0.3 is 10.1 Å². The minimum atomic E-state index is -3.49. The van der Waals surface area contributed by atoms with Crippen molar-refractivity contribution < 1.29 is 17.9 Å². The van der Waals surface area contributed by atoms with Gasteiger partial charge in [0.25, 0.3) is 5.91 Å². The summed E-state index contributed by atoms with van der Waals surface area (Å²) in [7, 11) is -3.49. The maximum Gasteiger partial charge on any atom is 0.263 e. The third kappa shape index (κ3) is 3.96. The lowest BCUT2D eigenvalue weighted by Gasteiger charge is -2.34. The van der Waals surface area contributed by atoms with Crippen LogP contribution in [0, 0.1) is 12.8 Å². The minimum Gasteiger partial charge on any atom is -0.476 e. The van der Waals surface area contributed by atoms with Crippen LogP contribution in [-0.2, 0) is 14.8 Å². The Bertz CT molecular complexity index is 700. The van der Waals surface area contributed by atoms with Crippen molar-refractivity contribution >= 4 is 21.6 Å². The molecule has 1 aromatic carbocycles. The highest BCUT2D eigenvalue weighted by atomic mass is 32.2. The predicted molar refractivity (Wildman–Crippen MR) is 90.2 cm³/mol. The number of amides is 1. The fourth-order valence-corrected chi connectivity index (χ4v) is 3.21. The molecule has 0 unspecified atom stereocenters. The standard InChI is InChI=1S/C16H24N2O4S/c1-10(2)12(4)17-16(19)15-9-18(23(5,20)21)13-7-6-11(3)8-14(13)22-15/h6-8,10,12,15H,9H2,1-5H3,(H,17,19)/t12-,15-/m0/s1. The van der Waals surface area contributed by atoms with Crippen LogP contribution in [0.5, 0.6) is 5.75 Å². The summed E-state index contributed by atoms with van der Waals surface area (Å²) in [5, 5.41) is 2.88. The van der Waals surface area contributed by atoms with Gasteiger partial charge in [-0.3, -0.25) is 9.10 Å². The Kier molecular flexibility index (Phi) is 4.89. The van der Waals surface area contributed by atoms with E-state index in [4.69, 9.17) is 4.74 Å². The van der Waals surface area contributed by atoms with E-state index in [-0.39, 0.29) is 24.4 Å². The first-order valence-electron chi connectivity index (χ1n) is 7.65. The summed E-state index contributed by atoms with van der Waals surface area (Å²) in [6.07, 6.45) is 0.272. The molecule has 1 N–H and O–H groups in total. The Hall–Kier alpha value is -1.76. The van der Waals surface area contributed by atoms with Crippen LogP contribution in [0.2, 0.25) is 0 Å². The largest absolute Gasteiger partial charge is 0.476 e. The summed E-state index contributed by atoms with van der Waals surface area (Å²) in [5.41, 5.74) is 1.41. The summed E-state index contributed by atoms with van der Waals surface area (Å²) >= 11 is 0. The van der Waals surface area contributed by atoms with Crippen LogP contribution >= 0.6 is 0 Å². The number of carbonyl (C=O) groups excluding carboxylic acids is 1. The lowest BCUT2D eigenvalue weighted by molar-refractivity contribution is -0.128. The zero-order valence-electron chi connectivity index (χ0n) is 14.2. The van der Waals surface area contributed by atoms with Crippen molar-refractivity contribution in [3.63, 3.8) is 0 Å². The molecule has 1 aliphatic heterocycles. The van der Waals surface area contributed by atoms with Crippen LogP contribution in [0.25, 0.3) is 0 Å². The van der Waals surface area contributed by atoms with Crippen LogP contribution in [0.3, 0.4) is 0 Å². The number of carbonyl (C=O) groups is 1. The van der Waals surface area contributed by atoms with Crippen molar-refractivity contribution in [1.29, 1.82) is 0 Å². The second-order valence-corrected chi connectivity index (χ2v) is 8.32. The molecule has 1 aliphatic rings. The fourth-order valence-electron chi connectivity index (χ4n) is 2.30. The number of anilines is 1. The first-order valence-corrected chi connectivity index (χ1v) is 9.50. The van der Waals surface area contributed by atoms with E-state index in [1.54, 1.807) is 12.1 Å². The van der Waals surface area contributed by atoms with E-state index in [1.807, 2.05) is 33.8 Å². The lowest BCUT2D eigenvalue weighted by atomic mass is 10.1. The smallest absolute Gasteiger partial charge is 0.263 e. The first-order chi connectivity index (χ1) is 10.6. The van der Waals surface area contributed by atoms with E-state index in [1.165, 1.54) is 4.31 Å². The molecule has 6 nitrogen and oxygen atoms in total. The highest BCUT2D eigenvalue weighted by Gasteiger charge is 2.35. The molecule has 0 saturated carbocycles. The Balaban J connectivity index is 2.31. The van der Waals surface area contributed by atoms with Gasteiger partial charge >= 0.3 is 0 Å².